The molecule has 1 fully saturated rings. The van der Waals surface area contributed by atoms with Gasteiger partial charge in [-0.05, 0) is 83.0 Å². The van der Waals surface area contributed by atoms with Gasteiger partial charge in [0.1, 0.15) is 5.75 Å². The number of aliphatic hydroxyl groups excluding tert-OH is 1. The molecule has 3 heteroatoms. The highest BCUT2D eigenvalue weighted by atomic mass is 16.5. The number of fused-ring (bicyclic) bond motifs is 1. The second kappa shape index (κ2) is 11.8. The Labute approximate surface area is 198 Å². The first-order chi connectivity index (χ1) is 16.1. The normalized spacial score (nSPS) is 14.5. The average Bonchev–Trinajstić information content (AvgIpc) is 2.90. The second-order valence-electron chi connectivity index (χ2n) is 8.55. The molecule has 0 aliphatic heterocycles. The van der Waals surface area contributed by atoms with E-state index in [0.717, 1.165) is 29.4 Å². The molecule has 0 bridgehead atoms. The zero-order chi connectivity index (χ0) is 23.8. The lowest BCUT2D eigenvalue weighted by Gasteiger charge is -2.24. The lowest BCUT2D eigenvalue weighted by molar-refractivity contribution is -0.113. The number of rotatable bonds is 6. The molecule has 33 heavy (non-hydrogen) atoms. The van der Waals surface area contributed by atoms with Crippen LogP contribution in [0.1, 0.15) is 69.4 Å². The summed E-state index contributed by atoms with van der Waals surface area (Å²) in [5.41, 5.74) is 5.61. The lowest BCUT2D eigenvalue weighted by atomic mass is 9.82. The van der Waals surface area contributed by atoms with Crippen LogP contribution in [0.2, 0.25) is 0 Å². The Kier molecular flexibility index (Phi) is 8.85. The van der Waals surface area contributed by atoms with E-state index in [2.05, 4.69) is 54.6 Å². The number of allylic oxidation sites excluding steroid dienone is 2. The van der Waals surface area contributed by atoms with Gasteiger partial charge in [0.2, 0.25) is 0 Å². The number of ketones is 1. The summed E-state index contributed by atoms with van der Waals surface area (Å²) in [5, 5.41) is 9.35. The van der Waals surface area contributed by atoms with Gasteiger partial charge < -0.3 is 9.84 Å². The Morgan fingerprint density at radius 2 is 1.58 bits per heavy atom. The fourth-order valence-electron chi connectivity index (χ4n) is 4.92. The highest BCUT2D eigenvalue weighted by Crippen LogP contribution is 2.40. The van der Waals surface area contributed by atoms with E-state index in [4.69, 9.17) is 9.84 Å². The fourth-order valence-corrected chi connectivity index (χ4v) is 4.92. The van der Waals surface area contributed by atoms with Crippen molar-refractivity contribution in [2.75, 3.05) is 14.2 Å². The molecule has 1 aliphatic carbocycles. The molecular formula is C30H36O3. The molecule has 1 aliphatic rings. The Morgan fingerprint density at radius 1 is 0.939 bits per heavy atom. The van der Waals surface area contributed by atoms with Crippen LogP contribution in [-0.4, -0.2) is 25.1 Å². The molecule has 0 radical (unpaired) electrons. The van der Waals surface area contributed by atoms with E-state index < -0.39 is 0 Å². The predicted molar refractivity (Wildman–Crippen MR) is 139 cm³/mol. The molecule has 174 valence electrons. The summed E-state index contributed by atoms with van der Waals surface area (Å²) < 4.78 is 5.70. The smallest absolute Gasteiger partial charge is 0.162 e. The van der Waals surface area contributed by atoms with Crippen LogP contribution in [0.25, 0.3) is 27.5 Å². The summed E-state index contributed by atoms with van der Waals surface area (Å²) in [6, 6.07) is 19.6. The van der Waals surface area contributed by atoms with Gasteiger partial charge in [-0.1, -0.05) is 62.6 Å². The number of carbonyl (C=O) groups is 1. The van der Waals surface area contributed by atoms with Crippen LogP contribution < -0.4 is 4.74 Å². The number of hydrogen-bond donors (Lipinski definition) is 1. The summed E-state index contributed by atoms with van der Waals surface area (Å²) >= 11 is 0. The number of ether oxygens (including phenoxy) is 1. The third kappa shape index (κ3) is 5.54. The maximum atomic E-state index is 12.3. The van der Waals surface area contributed by atoms with E-state index in [1.54, 1.807) is 7.11 Å². The number of aliphatic hydroxyl groups is 1. The first kappa shape index (κ1) is 24.7. The third-order valence-corrected chi connectivity index (χ3v) is 6.67. The molecule has 3 nitrogen and oxygen atoms in total. The molecule has 0 atom stereocenters. The van der Waals surface area contributed by atoms with E-state index >= 15 is 0 Å². The van der Waals surface area contributed by atoms with Gasteiger partial charge in [0.15, 0.2) is 5.78 Å². The highest BCUT2D eigenvalue weighted by Gasteiger charge is 2.20. The summed E-state index contributed by atoms with van der Waals surface area (Å²) in [5.74, 6) is 1.80. The average molecular weight is 445 g/mol. The van der Waals surface area contributed by atoms with Crippen molar-refractivity contribution in [1.29, 1.82) is 0 Å². The van der Waals surface area contributed by atoms with Crippen LogP contribution in [0.5, 0.6) is 5.75 Å². The summed E-state index contributed by atoms with van der Waals surface area (Å²) in [4.78, 5) is 12.3. The van der Waals surface area contributed by atoms with Crippen LogP contribution in [0.4, 0.5) is 0 Å². The molecule has 4 rings (SSSR count). The molecule has 3 aromatic carbocycles. The van der Waals surface area contributed by atoms with Crippen LogP contribution in [0, 0.1) is 0 Å². The van der Waals surface area contributed by atoms with E-state index in [9.17, 15) is 4.79 Å². The Morgan fingerprint density at radius 3 is 2.24 bits per heavy atom. The fraction of sp³-hybridized carbons (Fsp3) is 0.367. The summed E-state index contributed by atoms with van der Waals surface area (Å²) in [6.45, 7) is 3.85. The van der Waals surface area contributed by atoms with E-state index in [0.29, 0.717) is 12.3 Å². The van der Waals surface area contributed by atoms with Crippen LogP contribution in [-0.2, 0) is 4.79 Å². The maximum Gasteiger partial charge on any atom is 0.162 e. The Balaban J connectivity index is 0.00000149. The second-order valence-corrected chi connectivity index (χ2v) is 8.55. The number of hydrogen-bond acceptors (Lipinski definition) is 3. The predicted octanol–water partition coefficient (Wildman–Crippen LogP) is 7.55. The summed E-state index contributed by atoms with van der Waals surface area (Å²) in [6.07, 6.45) is 8.93. The van der Waals surface area contributed by atoms with Crippen molar-refractivity contribution in [2.24, 2.45) is 0 Å². The van der Waals surface area contributed by atoms with Gasteiger partial charge in [0.05, 0.1) is 7.11 Å². The van der Waals surface area contributed by atoms with Crippen molar-refractivity contribution in [2.45, 2.75) is 58.3 Å². The molecule has 0 saturated heterocycles. The summed E-state index contributed by atoms with van der Waals surface area (Å²) in [7, 11) is 2.78. The molecular weight excluding hydrogens is 408 g/mol. The molecule has 1 N–H and O–H groups in total. The van der Waals surface area contributed by atoms with Crippen molar-refractivity contribution in [1.82, 2.24) is 0 Å². The molecule has 0 amide bonds. The Hall–Kier alpha value is -2.91. The van der Waals surface area contributed by atoms with Gasteiger partial charge in [-0.3, -0.25) is 4.79 Å². The van der Waals surface area contributed by atoms with Gasteiger partial charge in [-0.2, -0.15) is 0 Å². The maximum absolute atomic E-state index is 12.3. The Bertz CT molecular complexity index is 1120. The topological polar surface area (TPSA) is 46.5 Å². The molecule has 3 aromatic rings. The minimum Gasteiger partial charge on any atom is -0.496 e. The zero-order valence-corrected chi connectivity index (χ0v) is 20.4. The van der Waals surface area contributed by atoms with Crippen molar-refractivity contribution in [3.63, 3.8) is 0 Å². The van der Waals surface area contributed by atoms with E-state index in [1.807, 2.05) is 19.9 Å². The number of carbonyl (C=O) groups excluding carboxylic acids is 1. The molecule has 1 saturated carbocycles. The zero-order valence-electron chi connectivity index (χ0n) is 20.4. The van der Waals surface area contributed by atoms with Crippen molar-refractivity contribution in [3.05, 3.63) is 71.8 Å². The van der Waals surface area contributed by atoms with Gasteiger partial charge >= 0.3 is 0 Å². The first-order valence-corrected chi connectivity index (χ1v) is 12.0. The highest BCUT2D eigenvalue weighted by molar-refractivity contribution is 6.21. The first-order valence-electron chi connectivity index (χ1n) is 12.0. The molecule has 0 heterocycles. The third-order valence-electron chi connectivity index (χ3n) is 6.67. The van der Waals surface area contributed by atoms with Crippen LogP contribution >= 0.6 is 0 Å². The minimum absolute atomic E-state index is 0.187. The number of methoxy groups -OCH3 is 1. The monoisotopic (exact) mass is 444 g/mol. The SMILES string of the molecule is C/C=C(/C(=O)CC)c1ccc2cc(-c3ccc(OC)c(C4CCCCC4)c3)ccc2c1.CO. The lowest BCUT2D eigenvalue weighted by Crippen LogP contribution is -2.06. The van der Waals surface area contributed by atoms with Gasteiger partial charge in [-0.15, -0.1) is 0 Å². The number of benzene rings is 3. The van der Waals surface area contributed by atoms with Crippen molar-refractivity contribution >= 4 is 22.1 Å². The molecule has 0 unspecified atom stereocenters. The standard InChI is InChI=1S/C29H32O2.CH4O/c1-4-26(28(30)5-2)25-14-13-21-17-22(11-12-23(21)18-25)24-15-16-29(31-3)27(19-24)20-9-7-6-8-10-20;1-2/h4,11-20H,5-10H2,1-3H3;2H,1H3/b26-4+;. The van der Waals surface area contributed by atoms with Crippen molar-refractivity contribution < 1.29 is 14.6 Å². The van der Waals surface area contributed by atoms with Crippen LogP contribution in [0.15, 0.2) is 60.7 Å². The quantitative estimate of drug-likeness (QED) is 0.399. The molecule has 0 spiro atoms. The van der Waals surface area contributed by atoms with Gasteiger partial charge in [0, 0.05) is 19.1 Å². The van der Waals surface area contributed by atoms with Crippen molar-refractivity contribution in [3.8, 4) is 16.9 Å². The largest absolute Gasteiger partial charge is 0.496 e. The van der Waals surface area contributed by atoms with E-state index in [1.165, 1.54) is 54.2 Å². The van der Waals surface area contributed by atoms with Gasteiger partial charge in [-0.25, -0.2) is 0 Å². The minimum atomic E-state index is 0.187. The van der Waals surface area contributed by atoms with Gasteiger partial charge in [0.25, 0.3) is 0 Å². The van der Waals surface area contributed by atoms with Crippen LogP contribution in [0.3, 0.4) is 0 Å². The number of Topliss-reactive ketones (excluding diaryl/α,β-unsaturated/α-hetero) is 1. The van der Waals surface area contributed by atoms with E-state index in [-0.39, 0.29) is 5.78 Å². The molecule has 0 aromatic heterocycles.